The van der Waals surface area contributed by atoms with Gasteiger partial charge in [0.2, 0.25) is 0 Å². The third-order valence-electron chi connectivity index (χ3n) is 4.90. The number of aryl methyl sites for hydroxylation is 2. The summed E-state index contributed by atoms with van der Waals surface area (Å²) in [5.74, 6) is 1.94. The third kappa shape index (κ3) is 3.70. The number of aromatic nitrogens is 3. The van der Waals surface area contributed by atoms with E-state index in [1.165, 1.54) is 18.4 Å². The fourth-order valence-electron chi connectivity index (χ4n) is 3.49. The van der Waals surface area contributed by atoms with Gasteiger partial charge in [-0.3, -0.25) is 0 Å². The number of aliphatic hydroxyl groups is 1. The summed E-state index contributed by atoms with van der Waals surface area (Å²) in [6.45, 7) is 8.27. The lowest BCUT2D eigenvalue weighted by Gasteiger charge is -2.32. The fraction of sp³-hybridized carbons (Fsp3) is 0.667. The van der Waals surface area contributed by atoms with Gasteiger partial charge < -0.3 is 14.8 Å². The first-order valence-electron chi connectivity index (χ1n) is 8.78. The summed E-state index contributed by atoms with van der Waals surface area (Å²) in [6.07, 6.45) is 6.51. The second kappa shape index (κ2) is 6.69. The van der Waals surface area contributed by atoms with Gasteiger partial charge in [-0.05, 0) is 46.6 Å². The summed E-state index contributed by atoms with van der Waals surface area (Å²) < 4.78 is 7.54. The van der Waals surface area contributed by atoms with Gasteiger partial charge >= 0.3 is 0 Å². The van der Waals surface area contributed by atoms with Crippen LogP contribution in [0.25, 0.3) is 0 Å². The minimum Gasteiger partial charge on any atom is -0.466 e. The van der Waals surface area contributed by atoms with E-state index in [0.717, 1.165) is 30.9 Å². The molecule has 0 unspecified atom stereocenters. The first-order chi connectivity index (χ1) is 11.3. The van der Waals surface area contributed by atoms with Crippen molar-refractivity contribution < 1.29 is 9.52 Å². The highest BCUT2D eigenvalue weighted by Gasteiger charge is 2.29. The molecule has 0 aliphatic heterocycles. The molecular weight excluding hydrogens is 304 g/mol. The van der Waals surface area contributed by atoms with Crippen molar-refractivity contribution in [1.82, 2.24) is 20.3 Å². The monoisotopic (exact) mass is 332 g/mol. The van der Waals surface area contributed by atoms with Gasteiger partial charge in [0.15, 0.2) is 0 Å². The van der Waals surface area contributed by atoms with Gasteiger partial charge in [0, 0.05) is 18.2 Å². The number of furan rings is 1. The van der Waals surface area contributed by atoms with E-state index < -0.39 is 5.60 Å². The molecule has 0 saturated heterocycles. The Balaban J connectivity index is 1.71. The van der Waals surface area contributed by atoms with Crippen LogP contribution in [0.1, 0.15) is 68.4 Å². The molecular formula is C18H28N4O2. The van der Waals surface area contributed by atoms with Crippen LogP contribution in [0.5, 0.6) is 0 Å². The maximum absolute atomic E-state index is 10.1. The zero-order valence-corrected chi connectivity index (χ0v) is 15.0. The highest BCUT2D eigenvalue weighted by Crippen LogP contribution is 2.29. The van der Waals surface area contributed by atoms with Crippen molar-refractivity contribution >= 4 is 0 Å². The summed E-state index contributed by atoms with van der Waals surface area (Å²) in [4.78, 5) is 0. The molecule has 0 spiro atoms. The summed E-state index contributed by atoms with van der Waals surface area (Å²) in [5.41, 5.74) is 0.877. The molecule has 2 heterocycles. The number of hydrogen-bond acceptors (Lipinski definition) is 5. The van der Waals surface area contributed by atoms with Gasteiger partial charge in [0.05, 0.1) is 12.2 Å². The first kappa shape index (κ1) is 17.2. The van der Waals surface area contributed by atoms with E-state index in [2.05, 4.69) is 21.7 Å². The number of hydrogen-bond donors (Lipinski definition) is 2. The number of rotatable bonds is 5. The van der Waals surface area contributed by atoms with Crippen molar-refractivity contribution in [2.24, 2.45) is 0 Å². The van der Waals surface area contributed by atoms with E-state index >= 15 is 0 Å². The second-order valence-electron chi connectivity index (χ2n) is 7.42. The van der Waals surface area contributed by atoms with Crippen LogP contribution in [-0.2, 0) is 12.1 Å². The van der Waals surface area contributed by atoms with E-state index in [4.69, 9.17) is 4.42 Å². The molecule has 0 aromatic carbocycles. The Labute approximate surface area is 143 Å². The third-order valence-corrected chi connectivity index (χ3v) is 4.90. The largest absolute Gasteiger partial charge is 0.466 e. The normalized spacial score (nSPS) is 22.0. The molecule has 132 valence electrons. The molecule has 0 radical (unpaired) electrons. The minimum atomic E-state index is -0.957. The van der Waals surface area contributed by atoms with Gasteiger partial charge in [-0.2, -0.15) is 0 Å². The SMILES string of the molecule is Cc1cc(CN[C@H]2CCCC[C@H]2n2cc(C(C)(C)O)nn2)c(C)o1. The molecule has 0 bridgehead atoms. The lowest BCUT2D eigenvalue weighted by molar-refractivity contribution is 0.0736. The molecule has 2 aromatic heterocycles. The summed E-state index contributed by atoms with van der Waals surface area (Å²) in [6, 6.07) is 2.72. The Morgan fingerprint density at radius 1 is 1.33 bits per heavy atom. The summed E-state index contributed by atoms with van der Waals surface area (Å²) in [5, 5.41) is 22.2. The van der Waals surface area contributed by atoms with Gasteiger partial charge in [0.25, 0.3) is 0 Å². The van der Waals surface area contributed by atoms with Crippen molar-refractivity contribution in [1.29, 1.82) is 0 Å². The molecule has 2 aromatic rings. The van der Waals surface area contributed by atoms with Gasteiger partial charge in [-0.1, -0.05) is 18.1 Å². The van der Waals surface area contributed by atoms with Crippen molar-refractivity contribution in [2.75, 3.05) is 0 Å². The Morgan fingerprint density at radius 3 is 2.71 bits per heavy atom. The molecule has 1 saturated carbocycles. The van der Waals surface area contributed by atoms with Crippen LogP contribution in [0.15, 0.2) is 16.7 Å². The second-order valence-corrected chi connectivity index (χ2v) is 7.42. The highest BCUT2D eigenvalue weighted by atomic mass is 16.3. The molecule has 2 atom stereocenters. The van der Waals surface area contributed by atoms with E-state index in [9.17, 15) is 5.11 Å². The number of nitrogens with zero attached hydrogens (tertiary/aromatic N) is 3. The average molecular weight is 332 g/mol. The predicted octanol–water partition coefficient (Wildman–Crippen LogP) is 2.99. The molecule has 6 nitrogen and oxygen atoms in total. The van der Waals surface area contributed by atoms with Crippen LogP contribution in [-0.4, -0.2) is 26.1 Å². The lowest BCUT2D eigenvalue weighted by atomic mass is 9.90. The van der Waals surface area contributed by atoms with Crippen molar-refractivity contribution in [3.63, 3.8) is 0 Å². The van der Waals surface area contributed by atoms with Crippen LogP contribution in [0.4, 0.5) is 0 Å². The summed E-state index contributed by atoms with van der Waals surface area (Å²) in [7, 11) is 0. The van der Waals surface area contributed by atoms with Gasteiger partial charge in [0.1, 0.15) is 22.8 Å². The van der Waals surface area contributed by atoms with Crippen LogP contribution < -0.4 is 5.32 Å². The van der Waals surface area contributed by atoms with Crippen LogP contribution in [0.2, 0.25) is 0 Å². The van der Waals surface area contributed by atoms with Gasteiger partial charge in [-0.15, -0.1) is 5.10 Å². The molecule has 24 heavy (non-hydrogen) atoms. The fourth-order valence-corrected chi connectivity index (χ4v) is 3.49. The first-order valence-corrected chi connectivity index (χ1v) is 8.78. The van der Waals surface area contributed by atoms with Crippen molar-refractivity contribution in [2.45, 2.75) is 77.6 Å². The molecule has 2 N–H and O–H groups in total. The Bertz CT molecular complexity index is 683. The average Bonchev–Trinajstić information content (AvgIpc) is 3.12. The van der Waals surface area contributed by atoms with Crippen LogP contribution in [0, 0.1) is 13.8 Å². The van der Waals surface area contributed by atoms with Crippen molar-refractivity contribution in [3.8, 4) is 0 Å². The quantitative estimate of drug-likeness (QED) is 0.880. The van der Waals surface area contributed by atoms with E-state index in [-0.39, 0.29) is 6.04 Å². The zero-order valence-electron chi connectivity index (χ0n) is 15.0. The van der Waals surface area contributed by atoms with E-state index in [1.54, 1.807) is 13.8 Å². The summed E-state index contributed by atoms with van der Waals surface area (Å²) >= 11 is 0. The Hall–Kier alpha value is -1.66. The van der Waals surface area contributed by atoms with Crippen LogP contribution >= 0.6 is 0 Å². The molecule has 1 fully saturated rings. The maximum Gasteiger partial charge on any atom is 0.114 e. The Morgan fingerprint density at radius 2 is 2.08 bits per heavy atom. The lowest BCUT2D eigenvalue weighted by Crippen LogP contribution is -2.39. The molecule has 0 amide bonds. The zero-order chi connectivity index (χ0) is 17.3. The predicted molar refractivity (Wildman–Crippen MR) is 91.6 cm³/mol. The topological polar surface area (TPSA) is 76.1 Å². The maximum atomic E-state index is 10.1. The minimum absolute atomic E-state index is 0.274. The van der Waals surface area contributed by atoms with E-state index in [1.807, 2.05) is 24.7 Å². The van der Waals surface area contributed by atoms with Gasteiger partial charge in [-0.25, -0.2) is 4.68 Å². The van der Waals surface area contributed by atoms with Crippen molar-refractivity contribution in [3.05, 3.63) is 35.0 Å². The van der Waals surface area contributed by atoms with E-state index in [0.29, 0.717) is 11.7 Å². The number of nitrogens with one attached hydrogen (secondary N) is 1. The standard InChI is InChI=1S/C18H28N4O2/c1-12-9-14(13(2)24-12)10-19-15-7-5-6-8-16(15)22-11-17(20-21-22)18(3,4)23/h9,11,15-16,19,23H,5-8,10H2,1-4H3/t15-,16+/m0/s1. The molecule has 1 aliphatic carbocycles. The smallest absolute Gasteiger partial charge is 0.114 e. The molecule has 6 heteroatoms. The van der Waals surface area contributed by atoms with Crippen LogP contribution in [0.3, 0.4) is 0 Å². The molecule has 3 rings (SSSR count). The molecule has 1 aliphatic rings. The highest BCUT2D eigenvalue weighted by molar-refractivity contribution is 5.20. The Kier molecular flexibility index (Phi) is 4.78.